The minimum absolute atomic E-state index is 0.0453. The molecule has 1 heterocycles. The van der Waals surface area contributed by atoms with E-state index in [1.165, 1.54) is 67.2 Å². The fourth-order valence-corrected chi connectivity index (χ4v) is 9.55. The Morgan fingerprint density at radius 1 is 0.689 bits per heavy atom. The first-order valence-electron chi connectivity index (χ1n) is 21.8. The van der Waals surface area contributed by atoms with E-state index in [9.17, 15) is 0 Å². The van der Waals surface area contributed by atoms with Crippen LogP contribution in [0.2, 0.25) is 0 Å². The van der Waals surface area contributed by atoms with Gasteiger partial charge in [0.05, 0.1) is 18.9 Å². The summed E-state index contributed by atoms with van der Waals surface area (Å²) in [5.74, 6) is 0.561. The van der Waals surface area contributed by atoms with Gasteiger partial charge in [0, 0.05) is 45.5 Å². The van der Waals surface area contributed by atoms with Gasteiger partial charge in [-0.25, -0.2) is 0 Å². The second-order valence-electron chi connectivity index (χ2n) is 16.2. The molecule has 1 aliphatic heterocycles. The topological polar surface area (TPSA) is 54.0 Å². The zero-order valence-electron chi connectivity index (χ0n) is 35.9. The summed E-state index contributed by atoms with van der Waals surface area (Å²) in [6.45, 7) is 12.8. The molecule has 6 aromatic rings. The van der Waals surface area contributed by atoms with Gasteiger partial charge in [-0.05, 0) is 93.9 Å². The average molecular weight is 797 g/mol. The van der Waals surface area contributed by atoms with Crippen molar-refractivity contribution in [1.29, 1.82) is 0 Å². The van der Waals surface area contributed by atoms with E-state index in [4.69, 9.17) is 10.7 Å². The predicted molar refractivity (Wildman–Crippen MR) is 259 cm³/mol. The van der Waals surface area contributed by atoms with Crippen molar-refractivity contribution >= 4 is 18.1 Å². The molecule has 0 bridgehead atoms. The molecule has 2 unspecified atom stereocenters. The lowest BCUT2D eigenvalue weighted by atomic mass is 9.79. The van der Waals surface area contributed by atoms with Crippen molar-refractivity contribution in [3.8, 4) is 22.3 Å². The molecule has 3 aliphatic carbocycles. The van der Waals surface area contributed by atoms with Crippen molar-refractivity contribution in [2.75, 3.05) is 11.6 Å². The standard InChI is InChI=1S/C53H44N2.C2H6N2.C2H6/c1-53(2)48-26-13-11-22-43(48)44-33-30-39(34-49(44)53)41-20-9-10-21-42(41)46-24-15-25-47-45-23-12-14-27-50(45)55(52(46)47)40-31-28-38(29-32-40)51(37-18-7-4-8-19-37)54-35-36-16-5-3-6-17-36;1-4-2-3;1-2/h3-22,25-34,45-46H,23-24,35H2,1-2H3;1-3H2;1-2H3. The van der Waals surface area contributed by atoms with Crippen molar-refractivity contribution in [1.82, 2.24) is 0 Å². The molecule has 0 radical (unpaired) electrons. The predicted octanol–water partition coefficient (Wildman–Crippen LogP) is 13.6. The van der Waals surface area contributed by atoms with Crippen LogP contribution in [-0.4, -0.2) is 19.1 Å². The molecule has 10 rings (SSSR count). The Hall–Kier alpha value is -6.62. The van der Waals surface area contributed by atoms with Crippen LogP contribution >= 0.6 is 0 Å². The highest BCUT2D eigenvalue weighted by molar-refractivity contribution is 6.13. The summed E-state index contributed by atoms with van der Waals surface area (Å²) in [7, 11) is 0. The van der Waals surface area contributed by atoms with Crippen LogP contribution in [-0.2, 0) is 12.0 Å². The van der Waals surface area contributed by atoms with Gasteiger partial charge >= 0.3 is 0 Å². The number of benzene rings is 6. The van der Waals surface area contributed by atoms with Crippen molar-refractivity contribution in [2.45, 2.75) is 58.4 Å². The molecule has 61 heavy (non-hydrogen) atoms. The first-order chi connectivity index (χ1) is 30.0. The van der Waals surface area contributed by atoms with Gasteiger partial charge in [-0.1, -0.05) is 185 Å². The maximum absolute atomic E-state index is 5.19. The Kier molecular flexibility index (Phi) is 12.4. The second kappa shape index (κ2) is 18.3. The molecule has 0 amide bonds. The van der Waals surface area contributed by atoms with Crippen molar-refractivity contribution < 1.29 is 0 Å². The highest BCUT2D eigenvalue weighted by atomic mass is 15.2. The molecule has 2 atom stereocenters. The van der Waals surface area contributed by atoms with Gasteiger partial charge in [0.1, 0.15) is 0 Å². The van der Waals surface area contributed by atoms with Crippen molar-refractivity contribution in [3.63, 3.8) is 0 Å². The lowest BCUT2D eigenvalue weighted by Gasteiger charge is -2.33. The molecule has 2 N–H and O–H groups in total. The molecule has 0 saturated carbocycles. The van der Waals surface area contributed by atoms with Crippen LogP contribution in [0.25, 0.3) is 22.3 Å². The SMILES string of the molecule is C=NCN.CC.CC1(C)c2ccccc2-c2ccc(-c3ccccc3C3CC=CC4=C3N(c3ccc(C(=NCc5ccccc5)c5ccccc5)cc3)C3=CC=CCC34)cc21. The monoisotopic (exact) mass is 796 g/mol. The molecular weight excluding hydrogens is 741 g/mol. The Morgan fingerprint density at radius 3 is 2.05 bits per heavy atom. The van der Waals surface area contributed by atoms with Crippen LogP contribution in [0.5, 0.6) is 0 Å². The van der Waals surface area contributed by atoms with Gasteiger partial charge in [-0.2, -0.15) is 0 Å². The summed E-state index contributed by atoms with van der Waals surface area (Å²) in [5.41, 5.74) is 24.2. The Labute approximate surface area is 363 Å². The summed E-state index contributed by atoms with van der Waals surface area (Å²) < 4.78 is 0. The zero-order chi connectivity index (χ0) is 42.3. The highest BCUT2D eigenvalue weighted by Crippen LogP contribution is 2.54. The van der Waals surface area contributed by atoms with Gasteiger partial charge in [0.25, 0.3) is 0 Å². The first kappa shape index (κ1) is 41.1. The van der Waals surface area contributed by atoms with E-state index in [1.807, 2.05) is 13.8 Å². The smallest absolute Gasteiger partial charge is 0.0852 e. The lowest BCUT2D eigenvalue weighted by Crippen LogP contribution is -2.24. The van der Waals surface area contributed by atoms with Gasteiger partial charge < -0.3 is 10.6 Å². The summed E-state index contributed by atoms with van der Waals surface area (Å²) >= 11 is 0. The third-order valence-electron chi connectivity index (χ3n) is 12.4. The van der Waals surface area contributed by atoms with E-state index in [1.54, 1.807) is 0 Å². The van der Waals surface area contributed by atoms with Crippen LogP contribution in [0, 0.1) is 5.92 Å². The molecule has 0 spiro atoms. The number of anilines is 1. The zero-order valence-corrected chi connectivity index (χ0v) is 35.9. The number of hydrogen-bond acceptors (Lipinski definition) is 4. The first-order valence-corrected chi connectivity index (χ1v) is 21.8. The maximum Gasteiger partial charge on any atom is 0.0852 e. The van der Waals surface area contributed by atoms with Crippen LogP contribution in [0.1, 0.15) is 79.8 Å². The van der Waals surface area contributed by atoms with Gasteiger partial charge in [-0.3, -0.25) is 9.98 Å². The van der Waals surface area contributed by atoms with Gasteiger partial charge in [0.15, 0.2) is 0 Å². The summed E-state index contributed by atoms with van der Waals surface area (Å²) in [4.78, 5) is 11.0. The fourth-order valence-electron chi connectivity index (χ4n) is 9.55. The molecule has 4 nitrogen and oxygen atoms in total. The Balaban J connectivity index is 0.000000811. The van der Waals surface area contributed by atoms with Crippen molar-refractivity contribution in [3.05, 3.63) is 232 Å². The molecule has 4 heteroatoms. The Morgan fingerprint density at radius 2 is 1.31 bits per heavy atom. The largest absolute Gasteiger partial charge is 0.316 e. The highest BCUT2D eigenvalue weighted by Gasteiger charge is 2.42. The van der Waals surface area contributed by atoms with Crippen LogP contribution < -0.4 is 10.6 Å². The molecule has 0 saturated heterocycles. The summed E-state index contributed by atoms with van der Waals surface area (Å²) in [6, 6.07) is 55.5. The van der Waals surface area contributed by atoms with Gasteiger partial charge in [0.2, 0.25) is 0 Å². The number of hydrogen-bond donors (Lipinski definition) is 1. The van der Waals surface area contributed by atoms with E-state index in [-0.39, 0.29) is 11.3 Å². The number of nitrogens with two attached hydrogens (primary N) is 1. The molecule has 4 aliphatic rings. The van der Waals surface area contributed by atoms with Gasteiger partial charge in [-0.15, -0.1) is 0 Å². The minimum Gasteiger partial charge on any atom is -0.316 e. The third kappa shape index (κ3) is 7.92. The normalized spacial score (nSPS) is 17.8. The minimum atomic E-state index is -0.0453. The van der Waals surface area contributed by atoms with Crippen molar-refractivity contribution in [2.24, 2.45) is 21.6 Å². The molecule has 6 aromatic carbocycles. The van der Waals surface area contributed by atoms with E-state index < -0.39 is 0 Å². The second-order valence-corrected chi connectivity index (χ2v) is 16.2. The molecular formula is C57H56N4. The number of nitrogens with zero attached hydrogens (tertiary/aromatic N) is 3. The van der Waals surface area contributed by atoms with E-state index >= 15 is 0 Å². The number of rotatable bonds is 8. The van der Waals surface area contributed by atoms with Crippen LogP contribution in [0.15, 0.2) is 209 Å². The lowest BCUT2D eigenvalue weighted by molar-refractivity contribution is 0.660. The number of fused-ring (bicyclic) bond motifs is 5. The van der Waals surface area contributed by atoms with E-state index in [0.29, 0.717) is 19.1 Å². The molecule has 0 fully saturated rings. The summed E-state index contributed by atoms with van der Waals surface area (Å²) in [5, 5.41) is 0. The molecule has 0 aromatic heterocycles. The number of allylic oxidation sites excluding steroid dienone is 7. The average Bonchev–Trinajstić information content (AvgIpc) is 3.79. The molecule has 304 valence electrons. The third-order valence-corrected chi connectivity index (χ3v) is 12.4. The van der Waals surface area contributed by atoms with Crippen LogP contribution in [0.3, 0.4) is 0 Å². The van der Waals surface area contributed by atoms with E-state index in [2.05, 4.69) is 212 Å². The quantitative estimate of drug-likeness (QED) is 0.156. The van der Waals surface area contributed by atoms with Crippen LogP contribution in [0.4, 0.5) is 5.69 Å². The Bertz CT molecular complexity index is 2660. The fraction of sp³-hybridized carbons (Fsp3) is 0.193. The summed E-state index contributed by atoms with van der Waals surface area (Å²) in [6.07, 6.45) is 13.7. The maximum atomic E-state index is 5.19. The van der Waals surface area contributed by atoms with E-state index in [0.717, 1.165) is 29.7 Å². The number of aliphatic imine (C=N–C) groups is 2.